The minimum atomic E-state index is -1.01. The predicted octanol–water partition coefficient (Wildman–Crippen LogP) is 6.08. The molecule has 1 unspecified atom stereocenters. The van der Waals surface area contributed by atoms with Crippen LogP contribution >= 0.6 is 0 Å². The van der Waals surface area contributed by atoms with E-state index in [9.17, 15) is 19.5 Å². The fourth-order valence-electron chi connectivity index (χ4n) is 9.39. The van der Waals surface area contributed by atoms with Crippen molar-refractivity contribution < 1.29 is 33.7 Å². The van der Waals surface area contributed by atoms with Gasteiger partial charge >= 0.3 is 17.9 Å². The van der Waals surface area contributed by atoms with E-state index in [1.807, 2.05) is 26.8 Å². The number of allylic oxidation sites excluding steroid dienone is 1. The number of hydrogen-bond donors (Lipinski definition) is 1. The third kappa shape index (κ3) is 5.05. The van der Waals surface area contributed by atoms with Crippen LogP contribution in [0.2, 0.25) is 0 Å². The SMILES string of the molecule is COC(=O)CC[C@]1(COC(C)=O)C2=C(CC[C@H]1C(C)(C)O)[C@]1(C)CC[C@H]([C@H](C)C3CC=C(C)C(=O)O3)[C@@]1(C)CC2. The van der Waals surface area contributed by atoms with Gasteiger partial charge in [0.05, 0.1) is 12.7 Å². The molecule has 4 rings (SSSR count). The quantitative estimate of drug-likeness (QED) is 0.219. The zero-order chi connectivity index (χ0) is 29.7. The standard InChI is InChI=1S/C33H50O7/c1-20-9-11-26(40-29(20)36)21(2)23-13-16-32(7)24-10-12-27(30(4,5)37)33(19-39-22(3)34,18-15-28(35)38-8)25(24)14-17-31(23,32)6/h9,21,23,26-27,37H,10-19H2,1-8H3/t21-,23+,26?,27-,31+,32-,33-/m0/s1. The van der Waals surface area contributed by atoms with E-state index < -0.39 is 11.0 Å². The third-order valence-electron chi connectivity index (χ3n) is 11.8. The Labute approximate surface area is 240 Å². The lowest BCUT2D eigenvalue weighted by Crippen LogP contribution is -2.54. The molecule has 7 atom stereocenters. The van der Waals surface area contributed by atoms with Gasteiger partial charge in [0.2, 0.25) is 0 Å². The molecule has 1 saturated carbocycles. The molecule has 1 fully saturated rings. The topological polar surface area (TPSA) is 99.1 Å². The van der Waals surface area contributed by atoms with Crippen LogP contribution in [0.15, 0.2) is 22.8 Å². The molecule has 0 bridgehead atoms. The summed E-state index contributed by atoms with van der Waals surface area (Å²) in [7, 11) is 1.40. The van der Waals surface area contributed by atoms with Gasteiger partial charge in [0, 0.05) is 36.7 Å². The molecule has 0 aromatic rings. The molecule has 7 heteroatoms. The van der Waals surface area contributed by atoms with Crippen LogP contribution in [0.25, 0.3) is 0 Å². The van der Waals surface area contributed by atoms with Gasteiger partial charge in [0.25, 0.3) is 0 Å². The summed E-state index contributed by atoms with van der Waals surface area (Å²) in [4.78, 5) is 36.9. The molecule has 7 nitrogen and oxygen atoms in total. The molecule has 1 N–H and O–H groups in total. The molecule has 224 valence electrons. The van der Waals surface area contributed by atoms with E-state index in [0.717, 1.165) is 44.9 Å². The molecule has 40 heavy (non-hydrogen) atoms. The number of hydrogen-bond acceptors (Lipinski definition) is 7. The Kier molecular flexibility index (Phi) is 8.41. The highest BCUT2D eigenvalue weighted by molar-refractivity contribution is 5.88. The highest BCUT2D eigenvalue weighted by atomic mass is 16.5. The van der Waals surface area contributed by atoms with Crippen LogP contribution < -0.4 is 0 Å². The maximum Gasteiger partial charge on any atom is 0.333 e. The Balaban J connectivity index is 1.77. The van der Waals surface area contributed by atoms with E-state index in [1.165, 1.54) is 25.2 Å². The average Bonchev–Trinajstić information content (AvgIpc) is 3.17. The second-order valence-electron chi connectivity index (χ2n) is 14.0. The lowest BCUT2D eigenvalue weighted by Gasteiger charge is -2.59. The Hall–Kier alpha value is -2.15. The van der Waals surface area contributed by atoms with E-state index in [4.69, 9.17) is 14.2 Å². The number of ether oxygens (including phenoxy) is 3. The normalized spacial score (nSPS) is 36.7. The van der Waals surface area contributed by atoms with Crippen LogP contribution in [-0.2, 0) is 28.6 Å². The van der Waals surface area contributed by atoms with Crippen LogP contribution in [-0.4, -0.2) is 48.4 Å². The van der Waals surface area contributed by atoms with E-state index in [1.54, 1.807) is 0 Å². The average molecular weight is 559 g/mol. The van der Waals surface area contributed by atoms with Gasteiger partial charge in [0.15, 0.2) is 0 Å². The van der Waals surface area contributed by atoms with Crippen LogP contribution in [0.1, 0.15) is 106 Å². The second-order valence-corrected chi connectivity index (χ2v) is 14.0. The summed E-state index contributed by atoms with van der Waals surface area (Å²) in [6.07, 6.45) is 8.91. The van der Waals surface area contributed by atoms with E-state index in [-0.39, 0.29) is 59.7 Å². The van der Waals surface area contributed by atoms with Gasteiger partial charge in [-0.2, -0.15) is 0 Å². The van der Waals surface area contributed by atoms with Crippen LogP contribution in [0, 0.1) is 34.0 Å². The van der Waals surface area contributed by atoms with Crippen molar-refractivity contribution in [2.75, 3.05) is 13.7 Å². The van der Waals surface area contributed by atoms with Gasteiger partial charge in [-0.1, -0.05) is 38.0 Å². The summed E-state index contributed by atoms with van der Waals surface area (Å²) < 4.78 is 16.7. The predicted molar refractivity (Wildman–Crippen MR) is 152 cm³/mol. The highest BCUT2D eigenvalue weighted by Crippen LogP contribution is 2.71. The van der Waals surface area contributed by atoms with Crippen molar-refractivity contribution in [2.45, 2.75) is 118 Å². The molecule has 1 heterocycles. The fourth-order valence-corrected chi connectivity index (χ4v) is 9.39. The van der Waals surface area contributed by atoms with Gasteiger partial charge in [-0.25, -0.2) is 4.79 Å². The van der Waals surface area contributed by atoms with Crippen molar-refractivity contribution in [3.8, 4) is 0 Å². The van der Waals surface area contributed by atoms with Gasteiger partial charge in [0.1, 0.15) is 12.7 Å². The van der Waals surface area contributed by atoms with E-state index >= 15 is 0 Å². The maximum absolute atomic E-state index is 12.4. The van der Waals surface area contributed by atoms with Gasteiger partial charge in [-0.05, 0) is 88.4 Å². The van der Waals surface area contributed by atoms with Gasteiger partial charge in [-0.15, -0.1) is 0 Å². The summed E-state index contributed by atoms with van der Waals surface area (Å²) in [6.45, 7) is 14.2. The molecular weight excluding hydrogens is 508 g/mol. The zero-order valence-electron chi connectivity index (χ0n) is 25.9. The Morgan fingerprint density at radius 1 is 1.18 bits per heavy atom. The minimum Gasteiger partial charge on any atom is -0.469 e. The van der Waals surface area contributed by atoms with Crippen LogP contribution in [0.4, 0.5) is 0 Å². The number of carbonyl (C=O) groups is 3. The summed E-state index contributed by atoms with van der Waals surface area (Å²) in [5.74, 6) is -0.372. The molecule has 0 aromatic carbocycles. The van der Waals surface area contributed by atoms with E-state index in [0.29, 0.717) is 17.9 Å². The number of cyclic esters (lactones) is 1. The Morgan fingerprint density at radius 2 is 1.88 bits per heavy atom. The van der Waals surface area contributed by atoms with Gasteiger partial charge < -0.3 is 19.3 Å². The van der Waals surface area contributed by atoms with Crippen LogP contribution in [0.5, 0.6) is 0 Å². The first-order chi connectivity index (χ1) is 18.6. The minimum absolute atomic E-state index is 0.0188. The van der Waals surface area contributed by atoms with Crippen molar-refractivity contribution in [1.29, 1.82) is 0 Å². The van der Waals surface area contributed by atoms with Gasteiger partial charge in [-0.3, -0.25) is 9.59 Å². The Bertz CT molecular complexity index is 1100. The van der Waals surface area contributed by atoms with Crippen molar-refractivity contribution in [3.05, 3.63) is 22.8 Å². The summed E-state index contributed by atoms with van der Waals surface area (Å²) >= 11 is 0. The largest absolute Gasteiger partial charge is 0.469 e. The van der Waals surface area contributed by atoms with Crippen molar-refractivity contribution >= 4 is 17.9 Å². The molecular formula is C33H50O7. The van der Waals surface area contributed by atoms with Crippen molar-refractivity contribution in [3.63, 3.8) is 0 Å². The van der Waals surface area contributed by atoms with Crippen molar-refractivity contribution in [2.24, 2.45) is 34.0 Å². The zero-order valence-corrected chi connectivity index (χ0v) is 25.9. The number of carbonyl (C=O) groups excluding carboxylic acids is 3. The summed E-state index contributed by atoms with van der Waals surface area (Å²) in [5.41, 5.74) is 1.71. The second kappa shape index (κ2) is 10.9. The first-order valence-electron chi connectivity index (χ1n) is 15.1. The molecule has 0 spiro atoms. The molecule has 3 aliphatic carbocycles. The highest BCUT2D eigenvalue weighted by Gasteiger charge is 2.63. The molecule has 0 saturated heterocycles. The smallest absolute Gasteiger partial charge is 0.333 e. The molecule has 4 aliphatic rings. The van der Waals surface area contributed by atoms with Crippen LogP contribution in [0.3, 0.4) is 0 Å². The summed E-state index contributed by atoms with van der Waals surface area (Å²) in [5, 5.41) is 11.4. The number of esters is 3. The number of methoxy groups -OCH3 is 1. The summed E-state index contributed by atoms with van der Waals surface area (Å²) in [6, 6.07) is 0. The maximum atomic E-state index is 12.4. The fraction of sp³-hybridized carbons (Fsp3) is 0.788. The molecule has 0 aromatic heterocycles. The molecule has 0 radical (unpaired) electrons. The monoisotopic (exact) mass is 558 g/mol. The number of rotatable bonds is 8. The molecule has 0 amide bonds. The number of aliphatic hydroxyl groups is 1. The lowest BCUT2D eigenvalue weighted by atomic mass is 9.46. The third-order valence-corrected chi connectivity index (χ3v) is 11.8. The van der Waals surface area contributed by atoms with Crippen molar-refractivity contribution in [1.82, 2.24) is 0 Å². The Morgan fingerprint density at radius 3 is 2.48 bits per heavy atom. The first-order valence-corrected chi connectivity index (χ1v) is 15.1. The first kappa shape index (κ1) is 30.8. The van der Waals surface area contributed by atoms with E-state index in [2.05, 4.69) is 20.8 Å². The lowest BCUT2D eigenvalue weighted by molar-refractivity contribution is -0.152. The molecule has 1 aliphatic heterocycles. The number of fused-ring (bicyclic) bond motifs is 2.